The molecule has 0 aliphatic heterocycles. The number of carbonyl (C=O) groups excluding carboxylic acids is 1. The topological polar surface area (TPSA) is 80.9 Å². The zero-order valence-electron chi connectivity index (χ0n) is 9.02. The summed E-state index contributed by atoms with van der Waals surface area (Å²) in [7, 11) is 0. The lowest BCUT2D eigenvalue weighted by Crippen LogP contribution is -2.13. The number of nitrogens with one attached hydrogen (secondary N) is 1. The molecule has 0 saturated heterocycles. The second kappa shape index (κ2) is 5.32. The van der Waals surface area contributed by atoms with E-state index in [9.17, 15) is 4.79 Å². The monoisotopic (exact) mass is 326 g/mol. The molecule has 0 spiro atoms. The van der Waals surface area contributed by atoms with Crippen LogP contribution in [0.2, 0.25) is 5.15 Å². The lowest BCUT2D eigenvalue weighted by atomic mass is 10.2. The maximum atomic E-state index is 11.9. The van der Waals surface area contributed by atoms with Crippen LogP contribution in [0.4, 0.5) is 11.5 Å². The first-order chi connectivity index (χ1) is 8.56. The highest BCUT2D eigenvalue weighted by Gasteiger charge is 2.08. The molecule has 0 atom stereocenters. The summed E-state index contributed by atoms with van der Waals surface area (Å²) in [4.78, 5) is 11.9. The molecule has 5 nitrogen and oxygen atoms in total. The Hall–Kier alpha value is -1.66. The van der Waals surface area contributed by atoms with Crippen molar-refractivity contribution in [2.75, 3.05) is 11.1 Å². The van der Waals surface area contributed by atoms with Crippen molar-refractivity contribution in [3.05, 3.63) is 45.5 Å². The Balaban J connectivity index is 2.16. The normalized spacial score (nSPS) is 10.1. The van der Waals surface area contributed by atoms with Crippen LogP contribution in [0.3, 0.4) is 0 Å². The molecule has 0 fully saturated rings. The van der Waals surface area contributed by atoms with Crippen molar-refractivity contribution >= 4 is 44.9 Å². The van der Waals surface area contributed by atoms with Gasteiger partial charge in [-0.1, -0.05) is 11.6 Å². The molecule has 0 unspecified atom stereocenters. The van der Waals surface area contributed by atoms with E-state index >= 15 is 0 Å². The van der Waals surface area contributed by atoms with Gasteiger partial charge in [-0.15, -0.1) is 10.2 Å². The Morgan fingerprint density at radius 1 is 1.28 bits per heavy atom. The average molecular weight is 328 g/mol. The maximum Gasteiger partial charge on any atom is 0.256 e. The smallest absolute Gasteiger partial charge is 0.256 e. The molecule has 7 heteroatoms. The van der Waals surface area contributed by atoms with Crippen molar-refractivity contribution in [3.63, 3.8) is 0 Å². The van der Waals surface area contributed by atoms with Crippen molar-refractivity contribution in [2.45, 2.75) is 0 Å². The van der Waals surface area contributed by atoms with E-state index in [1.807, 2.05) is 0 Å². The van der Waals surface area contributed by atoms with Crippen LogP contribution in [-0.4, -0.2) is 16.1 Å². The number of nitrogen functional groups attached to an aromatic ring is 1. The van der Waals surface area contributed by atoms with E-state index in [-0.39, 0.29) is 11.1 Å². The first-order valence-corrected chi connectivity index (χ1v) is 6.09. The van der Waals surface area contributed by atoms with Gasteiger partial charge in [0, 0.05) is 15.7 Å². The van der Waals surface area contributed by atoms with Gasteiger partial charge in [0.05, 0.1) is 0 Å². The first kappa shape index (κ1) is 12.8. The number of amides is 1. The van der Waals surface area contributed by atoms with Crippen LogP contribution in [0.25, 0.3) is 0 Å². The number of nitrogens with two attached hydrogens (primary N) is 1. The first-order valence-electron chi connectivity index (χ1n) is 4.92. The van der Waals surface area contributed by atoms with E-state index in [1.54, 1.807) is 30.3 Å². The van der Waals surface area contributed by atoms with E-state index in [1.165, 1.54) is 0 Å². The molecule has 18 heavy (non-hydrogen) atoms. The molecule has 2 rings (SSSR count). The molecule has 1 heterocycles. The van der Waals surface area contributed by atoms with Crippen LogP contribution in [0.1, 0.15) is 10.4 Å². The summed E-state index contributed by atoms with van der Waals surface area (Å²) in [5.74, 6) is 0.0108. The van der Waals surface area contributed by atoms with Crippen molar-refractivity contribution in [1.82, 2.24) is 10.2 Å². The lowest BCUT2D eigenvalue weighted by molar-refractivity contribution is 0.102. The van der Waals surface area contributed by atoms with Crippen LogP contribution in [0.15, 0.2) is 34.8 Å². The van der Waals surface area contributed by atoms with Gasteiger partial charge >= 0.3 is 0 Å². The summed E-state index contributed by atoms with van der Waals surface area (Å²) in [6, 6.07) is 8.04. The van der Waals surface area contributed by atoms with E-state index < -0.39 is 0 Å². The van der Waals surface area contributed by atoms with Crippen LogP contribution in [-0.2, 0) is 0 Å². The largest absolute Gasteiger partial charge is 0.398 e. The molecular weight excluding hydrogens is 320 g/mol. The summed E-state index contributed by atoms with van der Waals surface area (Å²) in [5.41, 5.74) is 6.63. The Bertz CT molecular complexity index is 588. The van der Waals surface area contributed by atoms with Gasteiger partial charge in [0.2, 0.25) is 0 Å². The number of rotatable bonds is 2. The molecule has 1 aromatic carbocycles. The minimum absolute atomic E-state index is 0.265. The van der Waals surface area contributed by atoms with Crippen molar-refractivity contribution in [1.29, 1.82) is 0 Å². The fourth-order valence-electron chi connectivity index (χ4n) is 1.26. The van der Waals surface area contributed by atoms with Gasteiger partial charge in [-0.2, -0.15) is 0 Å². The van der Waals surface area contributed by atoms with Crippen molar-refractivity contribution in [2.24, 2.45) is 0 Å². The van der Waals surface area contributed by atoms with Gasteiger partial charge in [-0.05, 0) is 46.3 Å². The van der Waals surface area contributed by atoms with Crippen molar-refractivity contribution < 1.29 is 4.79 Å². The van der Waals surface area contributed by atoms with E-state index in [0.29, 0.717) is 17.1 Å². The minimum Gasteiger partial charge on any atom is -0.398 e. The van der Waals surface area contributed by atoms with Crippen LogP contribution in [0, 0.1) is 0 Å². The van der Waals surface area contributed by atoms with Gasteiger partial charge in [0.1, 0.15) is 0 Å². The van der Waals surface area contributed by atoms with Gasteiger partial charge in [0.25, 0.3) is 5.91 Å². The number of aromatic nitrogens is 2. The van der Waals surface area contributed by atoms with Gasteiger partial charge in [-0.3, -0.25) is 4.79 Å². The number of carbonyl (C=O) groups is 1. The van der Waals surface area contributed by atoms with Crippen LogP contribution < -0.4 is 11.1 Å². The predicted molar refractivity (Wildman–Crippen MR) is 73.5 cm³/mol. The molecule has 3 N–H and O–H groups in total. The Morgan fingerprint density at radius 2 is 2.06 bits per heavy atom. The van der Waals surface area contributed by atoms with Gasteiger partial charge < -0.3 is 11.1 Å². The number of hydrogen-bond donors (Lipinski definition) is 2. The molecule has 1 amide bonds. The summed E-state index contributed by atoms with van der Waals surface area (Å²) >= 11 is 8.85. The second-order valence-corrected chi connectivity index (χ2v) is 4.67. The molecule has 92 valence electrons. The van der Waals surface area contributed by atoms with Crippen LogP contribution in [0.5, 0.6) is 0 Å². The number of halogens is 2. The van der Waals surface area contributed by atoms with Gasteiger partial charge in [0.15, 0.2) is 11.0 Å². The third-order valence-electron chi connectivity index (χ3n) is 2.13. The Labute approximate surface area is 116 Å². The number of nitrogens with zero attached hydrogens (tertiary/aromatic N) is 2. The van der Waals surface area contributed by atoms with Gasteiger partial charge in [-0.25, -0.2) is 0 Å². The third kappa shape index (κ3) is 2.96. The zero-order valence-corrected chi connectivity index (χ0v) is 11.4. The molecule has 2 aromatic rings. The highest BCUT2D eigenvalue weighted by Crippen LogP contribution is 2.20. The molecule has 0 radical (unpaired) electrons. The predicted octanol–water partition coefficient (Wildman–Crippen LogP) is 2.73. The fraction of sp³-hybridized carbons (Fsp3) is 0. The second-order valence-electron chi connectivity index (χ2n) is 3.43. The highest BCUT2D eigenvalue weighted by atomic mass is 79.9. The number of hydrogen-bond acceptors (Lipinski definition) is 4. The van der Waals surface area contributed by atoms with Crippen LogP contribution >= 0.6 is 27.5 Å². The molecule has 0 saturated carbocycles. The molecule has 0 aliphatic carbocycles. The maximum absolute atomic E-state index is 11.9. The summed E-state index contributed by atoms with van der Waals surface area (Å²) in [6.45, 7) is 0. The summed E-state index contributed by atoms with van der Waals surface area (Å²) in [5, 5.41) is 10.2. The standard InChI is InChI=1S/C11H8BrClN4O/c12-7-2-1-6(5-8(7)14)11(18)15-10-4-3-9(13)16-17-10/h1-5H,14H2,(H,15,17,18). The average Bonchev–Trinajstić information content (AvgIpc) is 2.35. The summed E-state index contributed by atoms with van der Waals surface area (Å²) in [6.07, 6.45) is 0. The molecule has 0 bridgehead atoms. The fourth-order valence-corrected chi connectivity index (χ4v) is 1.60. The van der Waals surface area contributed by atoms with E-state index in [4.69, 9.17) is 17.3 Å². The zero-order chi connectivity index (χ0) is 13.1. The Morgan fingerprint density at radius 3 is 2.67 bits per heavy atom. The SMILES string of the molecule is Nc1cc(C(=O)Nc2ccc(Cl)nn2)ccc1Br. The number of anilines is 2. The number of benzene rings is 1. The quantitative estimate of drug-likeness (QED) is 0.831. The lowest BCUT2D eigenvalue weighted by Gasteiger charge is -2.05. The molecule has 1 aromatic heterocycles. The summed E-state index contributed by atoms with van der Waals surface area (Å²) < 4.78 is 0.741. The third-order valence-corrected chi connectivity index (χ3v) is 3.06. The highest BCUT2D eigenvalue weighted by molar-refractivity contribution is 9.10. The van der Waals surface area contributed by atoms with E-state index in [0.717, 1.165) is 4.47 Å². The molecule has 0 aliphatic rings. The van der Waals surface area contributed by atoms with Crippen molar-refractivity contribution in [3.8, 4) is 0 Å². The van der Waals surface area contributed by atoms with E-state index in [2.05, 4.69) is 31.4 Å². The molecular formula is C11H8BrClN4O. The Kier molecular flexibility index (Phi) is 3.78. The minimum atomic E-state index is -0.314.